The molecule has 2 aromatic heterocycles. The zero-order valence-corrected chi connectivity index (χ0v) is 22.4. The summed E-state index contributed by atoms with van der Waals surface area (Å²) in [5.74, 6) is -3.62. The van der Waals surface area contributed by atoms with E-state index in [1.165, 1.54) is 38.1 Å². The SMILES string of the molecule is COCN(c1cc(C)c(Oc2ncccc2-c2ccnc(SC)n2)c(F)c1F)S(=O)(=O)Cc1ccccc1. The minimum absolute atomic E-state index is 0.00199. The lowest BCUT2D eigenvalue weighted by molar-refractivity contribution is 0.209. The van der Waals surface area contributed by atoms with Crippen LogP contribution in [0.2, 0.25) is 0 Å². The number of sulfonamides is 1. The van der Waals surface area contributed by atoms with E-state index in [4.69, 9.17) is 9.47 Å². The first kappa shape index (κ1) is 27.4. The molecule has 0 spiro atoms. The zero-order valence-electron chi connectivity index (χ0n) is 20.8. The van der Waals surface area contributed by atoms with Crippen LogP contribution in [0.15, 0.2) is 72.1 Å². The van der Waals surface area contributed by atoms with Gasteiger partial charge in [-0.1, -0.05) is 42.1 Å². The van der Waals surface area contributed by atoms with E-state index in [0.29, 0.717) is 26.3 Å². The Morgan fingerprint density at radius 3 is 2.47 bits per heavy atom. The van der Waals surface area contributed by atoms with Crippen molar-refractivity contribution in [1.82, 2.24) is 15.0 Å². The summed E-state index contributed by atoms with van der Waals surface area (Å²) in [6.45, 7) is 0.969. The number of aryl methyl sites for hydroxylation is 1. The third-order valence-corrected chi connectivity index (χ3v) is 7.67. The Morgan fingerprint density at radius 2 is 1.76 bits per heavy atom. The standard InChI is InChI=1S/C26H24F2N4O4S2/c1-17-14-21(32(16-35-2)38(33,34)15-18-8-5-4-6-9-18)22(27)23(28)24(17)36-25-19(10-7-12-29-25)20-11-13-30-26(31-20)37-3/h4-14H,15-16H2,1-3H3. The molecule has 0 aliphatic carbocycles. The Hall–Kier alpha value is -3.61. The van der Waals surface area contributed by atoms with E-state index in [9.17, 15) is 8.42 Å². The molecule has 0 aliphatic heterocycles. The first-order valence-electron chi connectivity index (χ1n) is 11.3. The van der Waals surface area contributed by atoms with Gasteiger partial charge in [-0.3, -0.25) is 0 Å². The van der Waals surface area contributed by atoms with Gasteiger partial charge in [0, 0.05) is 19.5 Å². The maximum Gasteiger partial charge on any atom is 0.241 e. The number of ether oxygens (including phenoxy) is 2. The van der Waals surface area contributed by atoms with Gasteiger partial charge in [0.1, 0.15) is 6.73 Å². The zero-order chi connectivity index (χ0) is 27.3. The van der Waals surface area contributed by atoms with Gasteiger partial charge in [-0.2, -0.15) is 4.39 Å². The molecular formula is C26H24F2N4O4S2. The van der Waals surface area contributed by atoms with Gasteiger partial charge in [0.15, 0.2) is 16.7 Å². The van der Waals surface area contributed by atoms with E-state index in [1.54, 1.807) is 54.7 Å². The first-order chi connectivity index (χ1) is 18.2. The molecule has 0 atom stereocenters. The van der Waals surface area contributed by atoms with Gasteiger partial charge in [-0.25, -0.2) is 32.1 Å². The second-order valence-electron chi connectivity index (χ2n) is 8.06. The molecule has 4 aromatic rings. The predicted octanol–water partition coefficient (Wildman–Crippen LogP) is 5.58. The minimum Gasteiger partial charge on any atom is -0.435 e. The number of rotatable bonds is 10. The van der Waals surface area contributed by atoms with Crippen LogP contribution in [0.5, 0.6) is 11.6 Å². The normalized spacial score (nSPS) is 11.4. The second-order valence-corrected chi connectivity index (χ2v) is 10.7. The van der Waals surface area contributed by atoms with Crippen LogP contribution in [0.4, 0.5) is 14.5 Å². The van der Waals surface area contributed by atoms with Crippen molar-refractivity contribution in [3.05, 3.63) is 89.8 Å². The number of pyridine rings is 1. The molecule has 0 fully saturated rings. The number of hydrogen-bond donors (Lipinski definition) is 0. The van der Waals surface area contributed by atoms with Crippen LogP contribution in [0.3, 0.4) is 0 Å². The molecule has 12 heteroatoms. The molecular weight excluding hydrogens is 534 g/mol. The molecule has 0 radical (unpaired) electrons. The molecule has 0 aliphatic rings. The van der Waals surface area contributed by atoms with Gasteiger partial charge >= 0.3 is 0 Å². The maximum absolute atomic E-state index is 15.5. The quantitative estimate of drug-likeness (QED) is 0.141. The van der Waals surface area contributed by atoms with Crippen molar-refractivity contribution >= 4 is 27.5 Å². The molecule has 198 valence electrons. The molecule has 4 rings (SSSR count). The van der Waals surface area contributed by atoms with Crippen molar-refractivity contribution in [2.24, 2.45) is 0 Å². The van der Waals surface area contributed by atoms with Crippen molar-refractivity contribution in [2.75, 3.05) is 24.4 Å². The van der Waals surface area contributed by atoms with Crippen LogP contribution >= 0.6 is 11.8 Å². The minimum atomic E-state index is -4.14. The number of aromatic nitrogens is 3. The van der Waals surface area contributed by atoms with Crippen LogP contribution in [0.1, 0.15) is 11.1 Å². The van der Waals surface area contributed by atoms with E-state index in [-0.39, 0.29) is 11.4 Å². The fourth-order valence-corrected chi connectivity index (χ4v) is 5.48. The molecule has 0 bridgehead atoms. The highest BCUT2D eigenvalue weighted by Crippen LogP contribution is 2.38. The molecule has 0 saturated carbocycles. The van der Waals surface area contributed by atoms with Crippen molar-refractivity contribution in [3.8, 4) is 22.9 Å². The van der Waals surface area contributed by atoms with Gasteiger partial charge in [-0.15, -0.1) is 0 Å². The fourth-order valence-electron chi connectivity index (χ4n) is 3.66. The summed E-state index contributed by atoms with van der Waals surface area (Å²) in [5.41, 5.74) is 1.08. The number of nitrogens with zero attached hydrogens (tertiary/aromatic N) is 4. The van der Waals surface area contributed by atoms with Gasteiger partial charge in [0.25, 0.3) is 0 Å². The summed E-state index contributed by atoms with van der Waals surface area (Å²) in [7, 11) is -2.87. The summed E-state index contributed by atoms with van der Waals surface area (Å²) < 4.78 is 68.8. The molecule has 2 heterocycles. The molecule has 0 amide bonds. The summed E-state index contributed by atoms with van der Waals surface area (Å²) in [6, 6.07) is 14.6. The van der Waals surface area contributed by atoms with E-state index in [1.807, 2.05) is 6.26 Å². The van der Waals surface area contributed by atoms with Crippen LogP contribution in [0, 0.1) is 18.6 Å². The topological polar surface area (TPSA) is 94.5 Å². The molecule has 0 N–H and O–H groups in total. The lowest BCUT2D eigenvalue weighted by Gasteiger charge is -2.25. The van der Waals surface area contributed by atoms with Crippen molar-refractivity contribution < 1.29 is 26.7 Å². The van der Waals surface area contributed by atoms with E-state index < -0.39 is 45.6 Å². The lowest BCUT2D eigenvalue weighted by Crippen LogP contribution is -2.35. The molecule has 0 saturated heterocycles. The first-order valence-corrected chi connectivity index (χ1v) is 14.1. The Balaban J connectivity index is 1.73. The Labute approximate surface area is 223 Å². The van der Waals surface area contributed by atoms with E-state index in [2.05, 4.69) is 15.0 Å². The average Bonchev–Trinajstić information content (AvgIpc) is 2.92. The largest absolute Gasteiger partial charge is 0.435 e. The van der Waals surface area contributed by atoms with Gasteiger partial charge in [0.05, 0.1) is 22.7 Å². The number of benzene rings is 2. The monoisotopic (exact) mass is 558 g/mol. The number of methoxy groups -OCH3 is 1. The van der Waals surface area contributed by atoms with Crippen LogP contribution in [-0.4, -0.2) is 43.5 Å². The Morgan fingerprint density at radius 1 is 1.00 bits per heavy atom. The lowest BCUT2D eigenvalue weighted by atomic mass is 10.1. The maximum atomic E-state index is 15.5. The van der Waals surface area contributed by atoms with Gasteiger partial charge in [-0.05, 0) is 48.6 Å². The predicted molar refractivity (Wildman–Crippen MR) is 142 cm³/mol. The van der Waals surface area contributed by atoms with Gasteiger partial charge < -0.3 is 9.47 Å². The van der Waals surface area contributed by atoms with E-state index in [0.717, 1.165) is 0 Å². The molecule has 0 unspecified atom stereocenters. The van der Waals surface area contributed by atoms with Crippen LogP contribution in [0.25, 0.3) is 11.3 Å². The van der Waals surface area contributed by atoms with Crippen molar-refractivity contribution in [3.63, 3.8) is 0 Å². The highest BCUT2D eigenvalue weighted by molar-refractivity contribution is 7.98. The molecule has 2 aromatic carbocycles. The number of halogens is 2. The van der Waals surface area contributed by atoms with Gasteiger partial charge in [0.2, 0.25) is 21.7 Å². The average molecular weight is 559 g/mol. The highest BCUT2D eigenvalue weighted by Gasteiger charge is 2.30. The Bertz CT molecular complexity index is 1540. The Kier molecular flexibility index (Phi) is 8.55. The molecule has 38 heavy (non-hydrogen) atoms. The third-order valence-electron chi connectivity index (χ3n) is 5.43. The highest BCUT2D eigenvalue weighted by atomic mass is 32.2. The third kappa shape index (κ3) is 5.93. The van der Waals surface area contributed by atoms with Crippen molar-refractivity contribution in [2.45, 2.75) is 17.8 Å². The number of anilines is 1. The van der Waals surface area contributed by atoms with Crippen LogP contribution < -0.4 is 9.04 Å². The summed E-state index contributed by atoms with van der Waals surface area (Å²) in [6.07, 6.45) is 4.85. The fraction of sp³-hybridized carbons (Fsp3) is 0.192. The van der Waals surface area contributed by atoms with E-state index >= 15 is 8.78 Å². The smallest absolute Gasteiger partial charge is 0.241 e. The summed E-state index contributed by atoms with van der Waals surface area (Å²) in [4.78, 5) is 12.7. The number of thioether (sulfide) groups is 1. The summed E-state index contributed by atoms with van der Waals surface area (Å²) >= 11 is 1.35. The molecule has 8 nitrogen and oxygen atoms in total. The van der Waals surface area contributed by atoms with Crippen LogP contribution in [-0.2, 0) is 20.5 Å². The van der Waals surface area contributed by atoms with Crippen molar-refractivity contribution in [1.29, 1.82) is 0 Å². The number of hydrogen-bond acceptors (Lipinski definition) is 8. The second kappa shape index (κ2) is 11.8. The summed E-state index contributed by atoms with van der Waals surface area (Å²) in [5, 5.41) is 0.519.